The molecule has 0 aliphatic carbocycles. The van der Waals surface area contributed by atoms with Crippen molar-refractivity contribution in [3.8, 4) is 0 Å². The first-order valence-corrected chi connectivity index (χ1v) is 6.59. The minimum atomic E-state index is -0.725. The third-order valence-corrected chi connectivity index (χ3v) is 3.05. The number of anilines is 1. The number of methoxy groups -OCH3 is 1. The number of halogens is 1. The molecule has 8 nitrogen and oxygen atoms in total. The first-order valence-electron chi connectivity index (χ1n) is 6.21. The second-order valence-electron chi connectivity index (χ2n) is 4.33. The second kappa shape index (κ2) is 6.84. The lowest BCUT2D eigenvalue weighted by molar-refractivity contribution is -0.385. The molecule has 0 fully saturated rings. The van der Waals surface area contributed by atoms with E-state index in [1.807, 2.05) is 0 Å². The Balaban J connectivity index is 2.30. The summed E-state index contributed by atoms with van der Waals surface area (Å²) >= 11 is 5.70. The first-order chi connectivity index (χ1) is 10.9. The van der Waals surface area contributed by atoms with Gasteiger partial charge in [0.25, 0.3) is 11.6 Å². The summed E-state index contributed by atoms with van der Waals surface area (Å²) in [5.74, 6) is -1.34. The molecule has 9 heteroatoms. The maximum Gasteiger partial charge on any atom is 0.339 e. The van der Waals surface area contributed by atoms with Gasteiger partial charge in [0.15, 0.2) is 0 Å². The zero-order valence-corrected chi connectivity index (χ0v) is 12.5. The van der Waals surface area contributed by atoms with E-state index in [1.54, 1.807) is 0 Å². The normalized spacial score (nSPS) is 10.0. The number of amides is 1. The van der Waals surface area contributed by atoms with Crippen LogP contribution < -0.4 is 5.32 Å². The Morgan fingerprint density at radius 3 is 2.70 bits per heavy atom. The number of ether oxygens (including phenoxy) is 1. The summed E-state index contributed by atoms with van der Waals surface area (Å²) in [6, 6.07) is 5.04. The smallest absolute Gasteiger partial charge is 0.339 e. The van der Waals surface area contributed by atoms with Gasteiger partial charge in [-0.15, -0.1) is 0 Å². The van der Waals surface area contributed by atoms with Crippen molar-refractivity contribution in [2.45, 2.75) is 0 Å². The molecule has 23 heavy (non-hydrogen) atoms. The summed E-state index contributed by atoms with van der Waals surface area (Å²) < 4.78 is 4.55. The van der Waals surface area contributed by atoms with E-state index in [2.05, 4.69) is 15.0 Å². The average molecular weight is 336 g/mol. The van der Waals surface area contributed by atoms with Crippen molar-refractivity contribution >= 4 is 34.9 Å². The van der Waals surface area contributed by atoms with Crippen molar-refractivity contribution in [3.05, 3.63) is 62.9 Å². The van der Waals surface area contributed by atoms with E-state index in [4.69, 9.17) is 11.6 Å². The van der Waals surface area contributed by atoms with Crippen molar-refractivity contribution in [1.29, 1.82) is 0 Å². The summed E-state index contributed by atoms with van der Waals surface area (Å²) in [5, 5.41) is 13.6. The van der Waals surface area contributed by atoms with Gasteiger partial charge in [0, 0.05) is 17.3 Å². The SMILES string of the molecule is COC(=O)c1cncc(NC(=O)c2ccc(Cl)cc2[N+](=O)[O-])c1. The Labute approximate surface area is 135 Å². The third kappa shape index (κ3) is 3.80. The van der Waals surface area contributed by atoms with Crippen molar-refractivity contribution in [2.75, 3.05) is 12.4 Å². The van der Waals surface area contributed by atoms with Gasteiger partial charge in [0.1, 0.15) is 5.56 Å². The van der Waals surface area contributed by atoms with Crippen molar-refractivity contribution < 1.29 is 19.2 Å². The van der Waals surface area contributed by atoms with Crippen LogP contribution in [-0.4, -0.2) is 28.9 Å². The fraction of sp³-hybridized carbons (Fsp3) is 0.0714. The lowest BCUT2D eigenvalue weighted by Crippen LogP contribution is -2.14. The number of carbonyl (C=O) groups excluding carboxylic acids is 2. The van der Waals surface area contributed by atoms with E-state index in [9.17, 15) is 19.7 Å². The van der Waals surface area contributed by atoms with Gasteiger partial charge in [-0.05, 0) is 18.2 Å². The van der Waals surface area contributed by atoms with E-state index in [0.717, 1.165) is 6.07 Å². The van der Waals surface area contributed by atoms with E-state index in [-0.39, 0.29) is 21.8 Å². The molecule has 1 heterocycles. The molecule has 0 atom stereocenters. The number of hydrogen-bond donors (Lipinski definition) is 1. The molecule has 0 unspecified atom stereocenters. The zero-order chi connectivity index (χ0) is 17.0. The van der Waals surface area contributed by atoms with Gasteiger partial charge >= 0.3 is 5.97 Å². The lowest BCUT2D eigenvalue weighted by atomic mass is 10.1. The molecule has 1 aromatic carbocycles. The number of esters is 1. The standard InChI is InChI=1S/C14H10ClN3O5/c1-23-14(20)8-4-10(7-16-6-8)17-13(19)11-3-2-9(15)5-12(11)18(21)22/h2-7H,1H3,(H,17,19). The van der Waals surface area contributed by atoms with Crippen LogP contribution >= 0.6 is 11.6 Å². The fourth-order valence-corrected chi connectivity index (χ4v) is 1.95. The molecule has 0 aliphatic rings. The largest absolute Gasteiger partial charge is 0.465 e. The Morgan fingerprint density at radius 1 is 1.30 bits per heavy atom. The molecular weight excluding hydrogens is 326 g/mol. The van der Waals surface area contributed by atoms with Crippen LogP contribution in [0, 0.1) is 10.1 Å². The van der Waals surface area contributed by atoms with Gasteiger partial charge in [-0.1, -0.05) is 11.6 Å². The molecule has 0 saturated carbocycles. The number of rotatable bonds is 4. The van der Waals surface area contributed by atoms with Crippen molar-refractivity contribution in [3.63, 3.8) is 0 Å². The van der Waals surface area contributed by atoms with Crippen LogP contribution in [0.2, 0.25) is 5.02 Å². The minimum absolute atomic E-state index is 0.135. The molecule has 1 N–H and O–H groups in total. The number of aromatic nitrogens is 1. The van der Waals surface area contributed by atoms with Gasteiger partial charge in [-0.3, -0.25) is 19.9 Å². The zero-order valence-electron chi connectivity index (χ0n) is 11.8. The van der Waals surface area contributed by atoms with Crippen LogP contribution in [0.1, 0.15) is 20.7 Å². The number of pyridine rings is 1. The lowest BCUT2D eigenvalue weighted by Gasteiger charge is -2.07. The number of nitro benzene ring substituents is 1. The van der Waals surface area contributed by atoms with Gasteiger partial charge in [0.2, 0.25) is 0 Å². The van der Waals surface area contributed by atoms with Crippen molar-refractivity contribution in [2.24, 2.45) is 0 Å². The van der Waals surface area contributed by atoms with E-state index in [1.165, 1.54) is 37.7 Å². The van der Waals surface area contributed by atoms with Crippen LogP contribution in [0.15, 0.2) is 36.7 Å². The maximum absolute atomic E-state index is 12.2. The van der Waals surface area contributed by atoms with Crippen LogP contribution in [0.5, 0.6) is 0 Å². The van der Waals surface area contributed by atoms with Gasteiger partial charge < -0.3 is 10.1 Å². The van der Waals surface area contributed by atoms with Crippen LogP contribution in [0.4, 0.5) is 11.4 Å². The molecular formula is C14H10ClN3O5. The highest BCUT2D eigenvalue weighted by atomic mass is 35.5. The van der Waals surface area contributed by atoms with Crippen molar-refractivity contribution in [1.82, 2.24) is 4.98 Å². The number of nitro groups is 1. The summed E-state index contributed by atoms with van der Waals surface area (Å²) in [6.45, 7) is 0. The highest BCUT2D eigenvalue weighted by Crippen LogP contribution is 2.24. The maximum atomic E-state index is 12.2. The summed E-state index contributed by atoms with van der Waals surface area (Å²) in [5.41, 5.74) is -0.256. The van der Waals surface area contributed by atoms with Crippen LogP contribution in [-0.2, 0) is 4.74 Å². The van der Waals surface area contributed by atoms with Gasteiger partial charge in [-0.2, -0.15) is 0 Å². The summed E-state index contributed by atoms with van der Waals surface area (Å²) in [4.78, 5) is 37.7. The Kier molecular flexibility index (Phi) is 4.87. The summed E-state index contributed by atoms with van der Waals surface area (Å²) in [7, 11) is 1.21. The molecule has 1 amide bonds. The van der Waals surface area contributed by atoms with Crippen LogP contribution in [0.25, 0.3) is 0 Å². The highest BCUT2D eigenvalue weighted by molar-refractivity contribution is 6.31. The topological polar surface area (TPSA) is 111 Å². The van der Waals surface area contributed by atoms with Gasteiger partial charge in [-0.25, -0.2) is 4.79 Å². The number of carbonyl (C=O) groups is 2. The fourth-order valence-electron chi connectivity index (χ4n) is 1.78. The van der Waals surface area contributed by atoms with Crippen LogP contribution in [0.3, 0.4) is 0 Å². The molecule has 118 valence electrons. The molecule has 0 spiro atoms. The Morgan fingerprint density at radius 2 is 2.04 bits per heavy atom. The Hall–Kier alpha value is -3.00. The van der Waals surface area contributed by atoms with E-state index < -0.39 is 22.5 Å². The molecule has 0 saturated heterocycles. The molecule has 0 radical (unpaired) electrons. The van der Waals surface area contributed by atoms with E-state index in [0.29, 0.717) is 0 Å². The number of nitrogens with zero attached hydrogens (tertiary/aromatic N) is 2. The molecule has 0 aliphatic heterocycles. The summed E-state index contributed by atoms with van der Waals surface area (Å²) in [6.07, 6.45) is 2.57. The Bertz CT molecular complexity index is 794. The molecule has 2 aromatic rings. The van der Waals surface area contributed by atoms with E-state index >= 15 is 0 Å². The minimum Gasteiger partial charge on any atom is -0.465 e. The highest BCUT2D eigenvalue weighted by Gasteiger charge is 2.21. The third-order valence-electron chi connectivity index (χ3n) is 2.82. The molecule has 1 aromatic heterocycles. The number of hydrogen-bond acceptors (Lipinski definition) is 6. The second-order valence-corrected chi connectivity index (χ2v) is 4.76. The van der Waals surface area contributed by atoms with Gasteiger partial charge in [0.05, 0.1) is 29.5 Å². The predicted molar refractivity (Wildman–Crippen MR) is 81.6 cm³/mol. The monoisotopic (exact) mass is 335 g/mol. The molecule has 2 rings (SSSR count). The molecule has 0 bridgehead atoms. The quantitative estimate of drug-likeness (QED) is 0.522. The first kappa shape index (κ1) is 16.4. The average Bonchev–Trinajstić information content (AvgIpc) is 2.54. The number of nitrogens with one attached hydrogen (secondary N) is 1. The number of benzene rings is 1. The predicted octanol–water partition coefficient (Wildman–Crippen LogP) is 2.68.